The predicted octanol–water partition coefficient (Wildman–Crippen LogP) is 0.488. The standard InChI is InChI=1S/C10H11N3O5S/c1-6-2-3-7(18-6)4-12-19(16,17)9-8(10(14)15)5-11-13-9/h2-3,5,12H,4H2,1H3,(H,11,13)(H,14,15). The fourth-order valence-electron chi connectivity index (χ4n) is 1.45. The van der Waals surface area contributed by atoms with Gasteiger partial charge in [-0.3, -0.25) is 5.10 Å². The Labute approximate surface area is 108 Å². The van der Waals surface area contributed by atoms with Crippen LogP contribution in [-0.2, 0) is 16.6 Å². The molecule has 2 aromatic rings. The largest absolute Gasteiger partial charge is 0.478 e. The second-order valence-corrected chi connectivity index (χ2v) is 5.46. The minimum atomic E-state index is -3.99. The monoisotopic (exact) mass is 285 g/mol. The van der Waals surface area contributed by atoms with Gasteiger partial charge in [-0.15, -0.1) is 0 Å². The van der Waals surface area contributed by atoms with Crippen molar-refractivity contribution in [3.8, 4) is 0 Å². The summed E-state index contributed by atoms with van der Waals surface area (Å²) in [5.74, 6) is -0.289. The Hall–Kier alpha value is -2.13. The van der Waals surface area contributed by atoms with Crippen molar-refractivity contribution in [3.63, 3.8) is 0 Å². The molecule has 0 amide bonds. The van der Waals surface area contributed by atoms with E-state index in [1.165, 1.54) is 0 Å². The first kappa shape index (κ1) is 13.3. The van der Waals surface area contributed by atoms with Crippen molar-refractivity contribution < 1.29 is 22.7 Å². The molecular weight excluding hydrogens is 274 g/mol. The lowest BCUT2D eigenvalue weighted by atomic mass is 10.4. The molecule has 0 aliphatic rings. The molecule has 0 saturated heterocycles. The summed E-state index contributed by atoms with van der Waals surface area (Å²) in [5.41, 5.74) is -0.414. The summed E-state index contributed by atoms with van der Waals surface area (Å²) in [6.45, 7) is 1.66. The Morgan fingerprint density at radius 3 is 2.84 bits per heavy atom. The molecule has 0 unspecified atom stereocenters. The van der Waals surface area contributed by atoms with Crippen molar-refractivity contribution in [2.75, 3.05) is 0 Å². The molecule has 19 heavy (non-hydrogen) atoms. The molecule has 0 atom stereocenters. The highest BCUT2D eigenvalue weighted by molar-refractivity contribution is 7.89. The van der Waals surface area contributed by atoms with Crippen molar-refractivity contribution in [3.05, 3.63) is 35.4 Å². The SMILES string of the molecule is Cc1ccc(CNS(=O)(=O)c2[nH]ncc2C(=O)O)o1. The van der Waals surface area contributed by atoms with E-state index in [-0.39, 0.29) is 6.54 Å². The van der Waals surface area contributed by atoms with Gasteiger partial charge in [-0.25, -0.2) is 17.9 Å². The van der Waals surface area contributed by atoms with Crippen molar-refractivity contribution in [2.24, 2.45) is 0 Å². The summed E-state index contributed by atoms with van der Waals surface area (Å²) in [6, 6.07) is 3.32. The minimum absolute atomic E-state index is 0.0751. The summed E-state index contributed by atoms with van der Waals surface area (Å²) in [5, 5.41) is 13.9. The average Bonchev–Trinajstić information content (AvgIpc) is 2.94. The number of aromatic nitrogens is 2. The Balaban J connectivity index is 2.18. The second kappa shape index (κ2) is 4.86. The van der Waals surface area contributed by atoms with Crippen LogP contribution in [0.2, 0.25) is 0 Å². The van der Waals surface area contributed by atoms with Gasteiger partial charge < -0.3 is 9.52 Å². The molecule has 0 saturated carbocycles. The van der Waals surface area contributed by atoms with Crippen LogP contribution in [0.4, 0.5) is 0 Å². The number of aromatic amines is 1. The molecule has 0 aliphatic heterocycles. The number of nitrogens with one attached hydrogen (secondary N) is 2. The third kappa shape index (κ3) is 2.83. The van der Waals surface area contributed by atoms with Crippen LogP contribution in [0.25, 0.3) is 0 Å². The maximum atomic E-state index is 11.9. The van der Waals surface area contributed by atoms with E-state index in [0.29, 0.717) is 11.5 Å². The number of furan rings is 1. The number of aryl methyl sites for hydroxylation is 1. The van der Waals surface area contributed by atoms with E-state index in [9.17, 15) is 13.2 Å². The van der Waals surface area contributed by atoms with Gasteiger partial charge in [0.2, 0.25) is 0 Å². The lowest BCUT2D eigenvalue weighted by Gasteiger charge is -2.03. The molecule has 0 bridgehead atoms. The highest BCUT2D eigenvalue weighted by Crippen LogP contribution is 2.13. The molecule has 2 aromatic heterocycles. The number of carboxylic acid groups (broad SMARTS) is 1. The number of carboxylic acids is 1. The number of hydrogen-bond donors (Lipinski definition) is 3. The zero-order valence-electron chi connectivity index (χ0n) is 9.87. The number of H-pyrrole nitrogens is 1. The molecule has 0 aliphatic carbocycles. The average molecular weight is 285 g/mol. The smallest absolute Gasteiger partial charge is 0.340 e. The molecule has 2 heterocycles. The molecular formula is C10H11N3O5S. The number of rotatable bonds is 5. The van der Waals surface area contributed by atoms with Gasteiger partial charge in [0.05, 0.1) is 12.7 Å². The van der Waals surface area contributed by atoms with Crippen molar-refractivity contribution >= 4 is 16.0 Å². The molecule has 0 radical (unpaired) electrons. The van der Waals surface area contributed by atoms with E-state index < -0.39 is 26.6 Å². The maximum absolute atomic E-state index is 11.9. The molecule has 9 heteroatoms. The fourth-order valence-corrected chi connectivity index (χ4v) is 2.53. The van der Waals surface area contributed by atoms with Crippen molar-refractivity contribution in [1.29, 1.82) is 0 Å². The third-order valence-electron chi connectivity index (χ3n) is 2.34. The van der Waals surface area contributed by atoms with E-state index in [4.69, 9.17) is 9.52 Å². The van der Waals surface area contributed by atoms with Gasteiger partial charge in [0.15, 0.2) is 5.03 Å². The molecule has 0 spiro atoms. The number of nitrogens with zero attached hydrogens (tertiary/aromatic N) is 1. The van der Waals surface area contributed by atoms with Crippen LogP contribution < -0.4 is 4.72 Å². The summed E-state index contributed by atoms with van der Waals surface area (Å²) in [7, 11) is -3.99. The van der Waals surface area contributed by atoms with E-state index >= 15 is 0 Å². The zero-order chi connectivity index (χ0) is 14.0. The molecule has 0 fully saturated rings. The molecule has 3 N–H and O–H groups in total. The minimum Gasteiger partial charge on any atom is -0.478 e. The summed E-state index contributed by atoms with van der Waals surface area (Å²) in [4.78, 5) is 10.8. The molecule has 2 rings (SSSR count). The zero-order valence-corrected chi connectivity index (χ0v) is 10.7. The Morgan fingerprint density at radius 1 is 1.53 bits per heavy atom. The van der Waals surface area contributed by atoms with Gasteiger partial charge in [-0.05, 0) is 19.1 Å². The van der Waals surface area contributed by atoms with Gasteiger partial charge in [0, 0.05) is 0 Å². The quantitative estimate of drug-likeness (QED) is 0.734. The fraction of sp³-hybridized carbons (Fsp3) is 0.200. The molecule has 8 nitrogen and oxygen atoms in total. The van der Waals surface area contributed by atoms with Crippen molar-refractivity contribution in [1.82, 2.24) is 14.9 Å². The van der Waals surface area contributed by atoms with Crippen LogP contribution >= 0.6 is 0 Å². The topological polar surface area (TPSA) is 125 Å². The normalized spacial score (nSPS) is 11.6. The first-order valence-electron chi connectivity index (χ1n) is 5.22. The highest BCUT2D eigenvalue weighted by atomic mass is 32.2. The van der Waals surface area contributed by atoms with Crippen LogP contribution in [0, 0.1) is 6.92 Å². The third-order valence-corrected chi connectivity index (χ3v) is 3.71. The lowest BCUT2D eigenvalue weighted by molar-refractivity contribution is 0.0692. The summed E-state index contributed by atoms with van der Waals surface area (Å²) in [6.07, 6.45) is 0.938. The van der Waals surface area contributed by atoms with Crippen molar-refractivity contribution in [2.45, 2.75) is 18.5 Å². The van der Waals surface area contributed by atoms with Gasteiger partial charge in [0.25, 0.3) is 10.0 Å². The number of carbonyl (C=O) groups is 1. The number of aromatic carboxylic acids is 1. The van der Waals surface area contributed by atoms with Crippen LogP contribution in [0.1, 0.15) is 21.9 Å². The first-order valence-corrected chi connectivity index (χ1v) is 6.70. The predicted molar refractivity (Wildman–Crippen MR) is 63.0 cm³/mol. The van der Waals surface area contributed by atoms with E-state index in [1.54, 1.807) is 19.1 Å². The van der Waals surface area contributed by atoms with Crippen LogP contribution in [0.5, 0.6) is 0 Å². The number of hydrogen-bond acceptors (Lipinski definition) is 5. The van der Waals surface area contributed by atoms with E-state index in [1.807, 2.05) is 0 Å². The highest BCUT2D eigenvalue weighted by Gasteiger charge is 2.24. The Bertz CT molecular complexity index is 700. The maximum Gasteiger partial charge on any atom is 0.340 e. The summed E-state index contributed by atoms with van der Waals surface area (Å²) < 4.78 is 31.3. The van der Waals surface area contributed by atoms with Gasteiger partial charge in [-0.2, -0.15) is 5.10 Å². The lowest BCUT2D eigenvalue weighted by Crippen LogP contribution is -2.25. The van der Waals surface area contributed by atoms with Crippen LogP contribution in [-0.4, -0.2) is 29.7 Å². The van der Waals surface area contributed by atoms with Crippen LogP contribution in [0.3, 0.4) is 0 Å². The Morgan fingerprint density at radius 2 is 2.26 bits per heavy atom. The summed E-state index contributed by atoms with van der Waals surface area (Å²) >= 11 is 0. The van der Waals surface area contributed by atoms with Gasteiger partial charge in [-0.1, -0.05) is 0 Å². The number of sulfonamides is 1. The second-order valence-electron chi connectivity index (χ2n) is 3.75. The molecule has 102 valence electrons. The first-order chi connectivity index (χ1) is 8.90. The van der Waals surface area contributed by atoms with E-state index in [0.717, 1.165) is 6.20 Å². The Kier molecular flexibility index (Phi) is 3.40. The van der Waals surface area contributed by atoms with Gasteiger partial charge in [0.1, 0.15) is 17.1 Å². The van der Waals surface area contributed by atoms with E-state index in [2.05, 4.69) is 14.9 Å². The van der Waals surface area contributed by atoms with Gasteiger partial charge >= 0.3 is 5.97 Å². The molecule has 0 aromatic carbocycles. The van der Waals surface area contributed by atoms with Crippen LogP contribution in [0.15, 0.2) is 27.8 Å².